The highest BCUT2D eigenvalue weighted by Crippen LogP contribution is 2.23. The highest BCUT2D eigenvalue weighted by molar-refractivity contribution is 6.35. The summed E-state index contributed by atoms with van der Waals surface area (Å²) in [5, 5.41) is 4.47. The monoisotopic (exact) mass is 454 g/mol. The zero-order chi connectivity index (χ0) is 21.6. The molecule has 0 aromatic heterocycles. The van der Waals surface area contributed by atoms with Crippen LogP contribution in [0.2, 0.25) is 15.1 Å². The minimum Gasteiger partial charge on any atom is -0.354 e. The number of rotatable bonds is 8. The van der Waals surface area contributed by atoms with Crippen molar-refractivity contribution in [3.05, 3.63) is 68.7 Å². The van der Waals surface area contributed by atoms with Crippen molar-refractivity contribution in [3.8, 4) is 0 Å². The molecule has 0 aliphatic rings. The first-order chi connectivity index (χ1) is 13.7. The van der Waals surface area contributed by atoms with E-state index in [1.165, 1.54) is 0 Å². The fraction of sp³-hybridized carbons (Fsp3) is 0.364. The summed E-state index contributed by atoms with van der Waals surface area (Å²) in [6.07, 6.45) is 0.157. The molecule has 29 heavy (non-hydrogen) atoms. The molecular formula is C22H25Cl3N2O2. The highest BCUT2D eigenvalue weighted by Gasteiger charge is 2.26. The average Bonchev–Trinajstić information content (AvgIpc) is 2.66. The van der Waals surface area contributed by atoms with Gasteiger partial charge in [0.15, 0.2) is 0 Å². The van der Waals surface area contributed by atoms with Crippen molar-refractivity contribution in [2.24, 2.45) is 5.92 Å². The molecular weight excluding hydrogens is 431 g/mol. The van der Waals surface area contributed by atoms with E-state index in [2.05, 4.69) is 5.32 Å². The van der Waals surface area contributed by atoms with E-state index < -0.39 is 6.04 Å². The maximum absolute atomic E-state index is 13.1. The number of nitrogens with zero attached hydrogens (tertiary/aromatic N) is 1. The van der Waals surface area contributed by atoms with Gasteiger partial charge in [0.25, 0.3) is 0 Å². The quantitative estimate of drug-likeness (QED) is 0.581. The summed E-state index contributed by atoms with van der Waals surface area (Å²) in [5.74, 6) is -0.0612. The minimum absolute atomic E-state index is 0.157. The van der Waals surface area contributed by atoms with E-state index >= 15 is 0 Å². The van der Waals surface area contributed by atoms with Gasteiger partial charge in [0.05, 0.1) is 6.42 Å². The fourth-order valence-electron chi connectivity index (χ4n) is 2.75. The summed E-state index contributed by atoms with van der Waals surface area (Å²) in [7, 11) is 0. The van der Waals surface area contributed by atoms with Gasteiger partial charge < -0.3 is 10.2 Å². The molecule has 0 saturated heterocycles. The van der Waals surface area contributed by atoms with Gasteiger partial charge in [-0.2, -0.15) is 0 Å². The normalized spacial score (nSPS) is 12.0. The fourth-order valence-corrected chi connectivity index (χ4v) is 3.34. The van der Waals surface area contributed by atoms with Crippen LogP contribution in [0, 0.1) is 5.92 Å². The van der Waals surface area contributed by atoms with Crippen molar-refractivity contribution in [2.45, 2.75) is 39.8 Å². The molecule has 0 saturated carbocycles. The Bertz CT molecular complexity index is 854. The number of carbonyl (C=O) groups excluding carboxylic acids is 2. The predicted octanol–water partition coefficient (Wildman–Crippen LogP) is 5.38. The summed E-state index contributed by atoms with van der Waals surface area (Å²) in [5.41, 5.74) is 1.55. The zero-order valence-corrected chi connectivity index (χ0v) is 19.0. The SMILES string of the molecule is CC(C)CNC(=O)C(C)N(Cc1ccc(Cl)cc1Cl)C(=O)Cc1ccc(Cl)cc1. The van der Waals surface area contributed by atoms with Crippen molar-refractivity contribution in [2.75, 3.05) is 6.54 Å². The Morgan fingerprint density at radius 2 is 1.59 bits per heavy atom. The van der Waals surface area contributed by atoms with Crippen LogP contribution in [0.1, 0.15) is 31.9 Å². The van der Waals surface area contributed by atoms with Crippen LogP contribution < -0.4 is 5.32 Å². The van der Waals surface area contributed by atoms with E-state index in [-0.39, 0.29) is 24.8 Å². The molecule has 0 fully saturated rings. The van der Waals surface area contributed by atoms with Crippen molar-refractivity contribution in [1.29, 1.82) is 0 Å². The van der Waals surface area contributed by atoms with Crippen LogP contribution in [0.15, 0.2) is 42.5 Å². The largest absolute Gasteiger partial charge is 0.354 e. The van der Waals surface area contributed by atoms with Gasteiger partial charge in [0.1, 0.15) is 6.04 Å². The Hall–Kier alpha value is -1.75. The van der Waals surface area contributed by atoms with E-state index in [4.69, 9.17) is 34.8 Å². The predicted molar refractivity (Wildman–Crippen MR) is 119 cm³/mol. The summed E-state index contributed by atoms with van der Waals surface area (Å²) in [6.45, 7) is 6.51. The Morgan fingerprint density at radius 1 is 0.966 bits per heavy atom. The van der Waals surface area contributed by atoms with Gasteiger partial charge in [-0.1, -0.05) is 66.8 Å². The molecule has 1 unspecified atom stereocenters. The van der Waals surface area contributed by atoms with Crippen LogP contribution in [0.3, 0.4) is 0 Å². The molecule has 2 aromatic rings. The standard InChI is InChI=1S/C22H25Cl3N2O2/c1-14(2)12-26-22(29)15(3)27(13-17-6-9-19(24)11-20(17)25)21(28)10-16-4-7-18(23)8-5-16/h4-9,11,14-15H,10,12-13H2,1-3H3,(H,26,29). The third kappa shape index (κ3) is 7.22. The van der Waals surface area contributed by atoms with Crippen molar-refractivity contribution >= 4 is 46.6 Å². The van der Waals surface area contributed by atoms with Gasteiger partial charge in [-0.3, -0.25) is 9.59 Å². The lowest BCUT2D eigenvalue weighted by atomic mass is 10.1. The molecule has 2 aromatic carbocycles. The minimum atomic E-state index is -0.653. The molecule has 0 aliphatic heterocycles. The first-order valence-electron chi connectivity index (χ1n) is 9.43. The number of nitrogens with one attached hydrogen (secondary N) is 1. The van der Waals surface area contributed by atoms with Crippen LogP contribution in [0.5, 0.6) is 0 Å². The lowest BCUT2D eigenvalue weighted by molar-refractivity contribution is -0.140. The van der Waals surface area contributed by atoms with E-state index in [1.54, 1.807) is 54.3 Å². The maximum atomic E-state index is 13.1. The molecule has 1 N–H and O–H groups in total. The van der Waals surface area contributed by atoms with Crippen molar-refractivity contribution in [1.82, 2.24) is 10.2 Å². The second-order valence-corrected chi connectivity index (χ2v) is 8.66. The Balaban J connectivity index is 2.24. The van der Waals surface area contributed by atoms with Gasteiger partial charge in [-0.25, -0.2) is 0 Å². The van der Waals surface area contributed by atoms with Gasteiger partial charge in [0, 0.05) is 28.2 Å². The van der Waals surface area contributed by atoms with Crippen LogP contribution in [-0.4, -0.2) is 29.3 Å². The molecule has 0 bridgehead atoms. The number of amides is 2. The van der Waals surface area contributed by atoms with E-state index in [9.17, 15) is 9.59 Å². The molecule has 156 valence electrons. The van der Waals surface area contributed by atoms with Crippen LogP contribution in [-0.2, 0) is 22.6 Å². The highest BCUT2D eigenvalue weighted by atomic mass is 35.5. The van der Waals surface area contributed by atoms with Crippen LogP contribution >= 0.6 is 34.8 Å². The van der Waals surface area contributed by atoms with E-state index in [1.807, 2.05) is 13.8 Å². The summed E-state index contributed by atoms with van der Waals surface area (Å²) >= 11 is 18.2. The summed E-state index contributed by atoms with van der Waals surface area (Å²) in [4.78, 5) is 27.3. The number of halogens is 3. The first-order valence-corrected chi connectivity index (χ1v) is 10.6. The summed E-state index contributed by atoms with van der Waals surface area (Å²) < 4.78 is 0. The number of carbonyl (C=O) groups is 2. The third-order valence-electron chi connectivity index (χ3n) is 4.48. The first kappa shape index (κ1) is 23.5. The second kappa shape index (κ2) is 10.9. The Morgan fingerprint density at radius 3 is 2.17 bits per heavy atom. The van der Waals surface area contributed by atoms with Crippen molar-refractivity contribution in [3.63, 3.8) is 0 Å². The van der Waals surface area contributed by atoms with Gasteiger partial charge >= 0.3 is 0 Å². The third-order valence-corrected chi connectivity index (χ3v) is 5.32. The van der Waals surface area contributed by atoms with Crippen LogP contribution in [0.25, 0.3) is 0 Å². The summed E-state index contributed by atoms with van der Waals surface area (Å²) in [6, 6.07) is 11.5. The molecule has 2 rings (SSSR count). The molecule has 0 spiro atoms. The lowest BCUT2D eigenvalue weighted by Crippen LogP contribution is -2.48. The zero-order valence-electron chi connectivity index (χ0n) is 16.7. The van der Waals surface area contributed by atoms with Gasteiger partial charge in [0.2, 0.25) is 11.8 Å². The molecule has 0 heterocycles. The number of hydrogen-bond donors (Lipinski definition) is 1. The Labute approximate surface area is 187 Å². The van der Waals surface area contributed by atoms with Crippen molar-refractivity contribution < 1.29 is 9.59 Å². The van der Waals surface area contributed by atoms with Crippen LogP contribution in [0.4, 0.5) is 0 Å². The molecule has 2 amide bonds. The lowest BCUT2D eigenvalue weighted by Gasteiger charge is -2.29. The van der Waals surface area contributed by atoms with E-state index in [0.717, 1.165) is 11.1 Å². The maximum Gasteiger partial charge on any atom is 0.242 e. The Kier molecular flexibility index (Phi) is 8.81. The molecule has 4 nitrogen and oxygen atoms in total. The van der Waals surface area contributed by atoms with Gasteiger partial charge in [-0.15, -0.1) is 0 Å². The number of benzene rings is 2. The topological polar surface area (TPSA) is 49.4 Å². The van der Waals surface area contributed by atoms with Gasteiger partial charge in [-0.05, 0) is 48.2 Å². The van der Waals surface area contributed by atoms with E-state index in [0.29, 0.717) is 27.5 Å². The smallest absolute Gasteiger partial charge is 0.242 e. The molecule has 1 atom stereocenters. The number of hydrogen-bond acceptors (Lipinski definition) is 2. The second-order valence-electron chi connectivity index (χ2n) is 7.38. The molecule has 7 heteroatoms. The molecule has 0 aliphatic carbocycles. The average molecular weight is 456 g/mol. The molecule has 0 radical (unpaired) electrons.